The smallest absolute Gasteiger partial charge is 0.335 e. The fraction of sp³-hybridized carbons (Fsp3) is 0.921. The van der Waals surface area contributed by atoms with Crippen LogP contribution >= 0.6 is 0 Å². The zero-order valence-electron chi connectivity index (χ0n) is 64.3. The van der Waals surface area contributed by atoms with Crippen molar-refractivity contribution in [3.05, 3.63) is 11.6 Å². The molecule has 0 aromatic heterocycles. The number of carbonyl (C=O) groups is 4. The molecule has 111 heavy (non-hydrogen) atoms. The summed E-state index contributed by atoms with van der Waals surface area (Å²) in [5.41, 5.74) is -3.58. The molecule has 17 unspecified atom stereocenters. The van der Waals surface area contributed by atoms with Gasteiger partial charge in [-0.2, -0.15) is 0 Å². The highest BCUT2D eigenvalue weighted by atomic mass is 16.8. The number of fused-ring (bicyclic) bond motifs is 7. The lowest BCUT2D eigenvalue weighted by Gasteiger charge is -2.72. The monoisotopic (exact) mass is 1590 g/mol. The minimum absolute atomic E-state index is 0.0427. The minimum Gasteiger partial charge on any atom is -0.481 e. The SMILES string of the molecule is CC1O[C@@H](OC2C(O)[C@@H](NC(=O)CCCCCCCCCCC(=O)O)C(CO)O[C@H]2OC[C@]23CCC(C)(C)CC2C2=CCC4C5(C)CC[C@H](O[C@@H]6OC(C(=O)O)[C@@H](O)[C@H](O[C@@H]7OC[C@@H](O)[C@@H](O)C7O)C6O[C@@H]6OC(CO)[C@@H](O)[C@H](O)C6O)[C@](C)(C=O)[C@@H]5CC[C@]4(C)[C@]2(C)CC3O)C(O)C(O)[C@H]1O[C@@H]1OC[C@@H](O)C(O)C1O. The van der Waals surface area contributed by atoms with E-state index in [0.29, 0.717) is 64.2 Å². The topological polar surface area (TPSA) is 555 Å². The van der Waals surface area contributed by atoms with E-state index in [2.05, 4.69) is 46.0 Å². The van der Waals surface area contributed by atoms with Gasteiger partial charge in [0.05, 0.1) is 62.8 Å². The van der Waals surface area contributed by atoms with E-state index in [4.69, 9.17) is 61.9 Å². The Morgan fingerprint density at radius 3 is 1.69 bits per heavy atom. The maximum Gasteiger partial charge on any atom is 0.335 e. The summed E-state index contributed by atoms with van der Waals surface area (Å²) in [6, 6.07) is -1.34. The van der Waals surface area contributed by atoms with Crippen molar-refractivity contribution >= 4 is 24.1 Å². The van der Waals surface area contributed by atoms with E-state index in [9.17, 15) is 106 Å². The fourth-order valence-corrected chi connectivity index (χ4v) is 20.9. The molecule has 11 aliphatic rings. The van der Waals surface area contributed by atoms with E-state index in [1.54, 1.807) is 6.92 Å². The molecule has 0 radical (unpaired) electrons. The van der Waals surface area contributed by atoms with Crippen molar-refractivity contribution < 1.29 is 168 Å². The molecule has 0 spiro atoms. The van der Waals surface area contributed by atoms with Crippen molar-refractivity contribution in [2.75, 3.05) is 33.0 Å². The van der Waals surface area contributed by atoms with Crippen LogP contribution in [0.4, 0.5) is 0 Å². The largest absolute Gasteiger partial charge is 0.481 e. The molecule has 6 heterocycles. The van der Waals surface area contributed by atoms with Gasteiger partial charge in [0.2, 0.25) is 5.91 Å². The van der Waals surface area contributed by atoms with Crippen LogP contribution in [0.5, 0.6) is 0 Å². The fourth-order valence-electron chi connectivity index (χ4n) is 20.9. The first kappa shape index (κ1) is 88.5. The van der Waals surface area contributed by atoms with E-state index in [1.807, 2.05) is 0 Å². The van der Waals surface area contributed by atoms with Crippen LogP contribution in [0.15, 0.2) is 11.6 Å². The number of hydrogen-bond acceptors (Lipinski definition) is 32. The molecule has 6 saturated heterocycles. The van der Waals surface area contributed by atoms with Crippen molar-refractivity contribution in [1.29, 1.82) is 0 Å². The van der Waals surface area contributed by atoms with Crippen LogP contribution in [-0.2, 0) is 76.0 Å². The Kier molecular flexibility index (Phi) is 28.5. The number of aliphatic carboxylic acids is 2. The zero-order chi connectivity index (χ0) is 80.9. The van der Waals surface area contributed by atoms with Gasteiger partial charge in [-0.3, -0.25) is 9.59 Å². The number of carbonyl (C=O) groups excluding carboxylic acids is 2. The molecular formula is C76H123NO34. The number of aliphatic hydroxyl groups excluding tert-OH is 16. The second-order valence-corrected chi connectivity index (χ2v) is 35.2. The number of carboxylic acid groups (broad SMARTS) is 2. The van der Waals surface area contributed by atoms with Gasteiger partial charge >= 0.3 is 11.9 Å². The van der Waals surface area contributed by atoms with Gasteiger partial charge in [0.25, 0.3) is 0 Å². The minimum atomic E-state index is -2.21. The quantitative estimate of drug-likeness (QED) is 0.0163. The number of aliphatic hydroxyl groups is 16. The molecule has 636 valence electrons. The van der Waals surface area contributed by atoms with Gasteiger partial charge in [-0.25, -0.2) is 4.79 Å². The first-order chi connectivity index (χ1) is 52.3. The second-order valence-electron chi connectivity index (χ2n) is 35.2. The molecule has 0 aromatic carbocycles. The first-order valence-corrected chi connectivity index (χ1v) is 39.7. The Bertz CT molecular complexity index is 3160. The average Bonchev–Trinajstić information content (AvgIpc) is 0.671. The van der Waals surface area contributed by atoms with Gasteiger partial charge in [0.1, 0.15) is 122 Å². The molecule has 0 aromatic rings. The molecular weight excluding hydrogens is 1470 g/mol. The van der Waals surface area contributed by atoms with Crippen molar-refractivity contribution in [2.24, 2.45) is 50.2 Å². The number of allylic oxidation sites excluding steroid dienone is 2. The molecule has 6 aliphatic heterocycles. The van der Waals surface area contributed by atoms with Crippen LogP contribution in [0.2, 0.25) is 0 Å². The molecule has 4 saturated carbocycles. The lowest BCUT2D eigenvalue weighted by atomic mass is 9.33. The lowest BCUT2D eigenvalue weighted by molar-refractivity contribution is -0.391. The predicted octanol–water partition coefficient (Wildman–Crippen LogP) is -2.26. The summed E-state index contributed by atoms with van der Waals surface area (Å²) in [6.07, 6.45) is -36.8. The molecule has 1 amide bonds. The summed E-state index contributed by atoms with van der Waals surface area (Å²) in [5.74, 6) is -4.00. The van der Waals surface area contributed by atoms with Crippen LogP contribution in [0.3, 0.4) is 0 Å². The van der Waals surface area contributed by atoms with Crippen molar-refractivity contribution in [3.63, 3.8) is 0 Å². The summed E-state index contributed by atoms with van der Waals surface area (Å²) in [5, 5.41) is 201. The highest BCUT2D eigenvalue weighted by molar-refractivity contribution is 5.76. The van der Waals surface area contributed by atoms with Crippen molar-refractivity contribution in [3.8, 4) is 0 Å². The Hall–Kier alpha value is -3.30. The van der Waals surface area contributed by atoms with Crippen LogP contribution in [0, 0.1) is 50.2 Å². The molecule has 38 atom stereocenters. The predicted molar refractivity (Wildman–Crippen MR) is 377 cm³/mol. The number of rotatable bonds is 29. The summed E-state index contributed by atoms with van der Waals surface area (Å²) in [7, 11) is 0. The van der Waals surface area contributed by atoms with E-state index in [0.717, 1.165) is 44.0 Å². The lowest BCUT2D eigenvalue weighted by Crippen LogP contribution is -2.69. The number of amides is 1. The van der Waals surface area contributed by atoms with Gasteiger partial charge in [0.15, 0.2) is 43.8 Å². The maximum absolute atomic E-state index is 14.3. The van der Waals surface area contributed by atoms with Crippen LogP contribution in [0.1, 0.15) is 170 Å². The molecule has 11 rings (SSSR count). The van der Waals surface area contributed by atoms with Gasteiger partial charge in [-0.15, -0.1) is 0 Å². The summed E-state index contributed by atoms with van der Waals surface area (Å²) in [4.78, 5) is 52.1. The Balaban J connectivity index is 0.843. The summed E-state index contributed by atoms with van der Waals surface area (Å²) < 4.78 is 73.9. The van der Waals surface area contributed by atoms with Gasteiger partial charge in [-0.05, 0) is 117 Å². The normalized spacial score (nSPS) is 49.2. The molecule has 35 nitrogen and oxygen atoms in total. The highest BCUT2D eigenvalue weighted by Crippen LogP contribution is 2.76. The molecule has 5 aliphatic carbocycles. The number of carboxylic acids is 2. The van der Waals surface area contributed by atoms with Gasteiger partial charge in [-0.1, -0.05) is 91.7 Å². The number of unbranched alkanes of at least 4 members (excludes halogenated alkanes) is 7. The van der Waals surface area contributed by atoms with Gasteiger partial charge < -0.3 is 159 Å². The van der Waals surface area contributed by atoms with E-state index in [1.165, 1.54) is 6.92 Å². The van der Waals surface area contributed by atoms with E-state index < -0.39 is 261 Å². The van der Waals surface area contributed by atoms with Crippen LogP contribution < -0.4 is 5.32 Å². The van der Waals surface area contributed by atoms with E-state index in [-0.39, 0.29) is 49.5 Å². The maximum atomic E-state index is 14.3. The number of aldehydes is 1. The molecule has 19 N–H and O–H groups in total. The summed E-state index contributed by atoms with van der Waals surface area (Å²) in [6.45, 7) is 11.3. The Morgan fingerprint density at radius 1 is 0.532 bits per heavy atom. The number of nitrogens with one attached hydrogen (secondary N) is 1. The Labute approximate surface area is 644 Å². The molecule has 0 bridgehead atoms. The second kappa shape index (κ2) is 35.7. The third kappa shape index (κ3) is 17.3. The zero-order valence-corrected chi connectivity index (χ0v) is 64.3. The summed E-state index contributed by atoms with van der Waals surface area (Å²) >= 11 is 0. The third-order valence-electron chi connectivity index (χ3n) is 27.8. The number of ether oxygens (including phenoxy) is 12. The van der Waals surface area contributed by atoms with Gasteiger partial charge in [0, 0.05) is 18.3 Å². The van der Waals surface area contributed by atoms with Crippen molar-refractivity contribution in [1.82, 2.24) is 5.32 Å². The van der Waals surface area contributed by atoms with E-state index >= 15 is 0 Å². The average molecular weight is 1590 g/mol. The molecule has 10 fully saturated rings. The molecule has 35 heteroatoms. The first-order valence-electron chi connectivity index (χ1n) is 39.7. The van der Waals surface area contributed by atoms with Crippen LogP contribution in [0.25, 0.3) is 0 Å². The number of hydrogen-bond donors (Lipinski definition) is 19. The third-order valence-corrected chi connectivity index (χ3v) is 27.8. The highest BCUT2D eigenvalue weighted by Gasteiger charge is 2.72. The standard InChI is InChI=1S/C76H123NO34/c1-34-59(107-65-54(93)48(87)37(81)30-100-65)53(92)57(96)67(103-34)110-62-51(90)47(77-45(84)16-14-12-10-8-9-11-13-15-17-46(85)86)39(28-78)104-69(62)102-33-76-25-24-71(2,3)26-36(76)35-18-19-42-72(4)22-21-44(73(5,32-80)41(72)20-23-74(42,6)75(35,7)27-43(76)83)106-70-63(111-68-56(95)52(91)50(89)40(29-79)105-68)60(58(97)61(109-70)64(98)99)108-66-55(94)49(88)38(82)31-101-66/h18,32,34,36-44,47-63,65-70,78-79,81-83,87-97H,8-17,19-31,33H2,1-7H3,(H,77,84)(H,85,86)(H,98,99)/t34?,36?,37-,38-,39?,40?,41-,42?,43?,44+,47+,48?,49-,50-,51?,52+,53?,54?,55?,56?,57?,58+,59+,60+,61?,62?,63?,65+,66+,67+,68+,69-,70-,72?,73-,74+,75-,76-/m1/s1. The Morgan fingerprint density at radius 2 is 1.09 bits per heavy atom. The van der Waals surface area contributed by atoms with Crippen LogP contribution in [-0.4, -0.2) is 333 Å². The van der Waals surface area contributed by atoms with Crippen molar-refractivity contribution in [2.45, 2.75) is 355 Å².